The Kier molecular flexibility index (Phi) is 4.58. The second-order valence-corrected chi connectivity index (χ2v) is 5.34. The van der Waals surface area contributed by atoms with Crippen LogP contribution in [-0.4, -0.2) is 11.9 Å². The van der Waals surface area contributed by atoms with E-state index in [2.05, 4.69) is 5.32 Å². The fraction of sp³-hybridized carbons (Fsp3) is 0.235. The lowest BCUT2D eigenvalue weighted by atomic mass is 10.1. The average Bonchev–Trinajstić information content (AvgIpc) is 2.40. The van der Waals surface area contributed by atoms with E-state index in [1.807, 2.05) is 19.9 Å². The number of hydrogen-bond donors (Lipinski definition) is 2. The first kappa shape index (κ1) is 15.0. The number of aryl methyl sites for hydroxylation is 1. The highest BCUT2D eigenvalue weighted by atomic mass is 19.1. The maximum atomic E-state index is 12.8. The molecule has 1 atom stereocenters. The fourth-order valence-electron chi connectivity index (χ4n) is 2.28. The molecule has 0 aliphatic heterocycles. The zero-order valence-electron chi connectivity index (χ0n) is 12.2. The van der Waals surface area contributed by atoms with Crippen LogP contribution in [0, 0.1) is 12.7 Å². The normalized spacial score (nSPS) is 12.0. The van der Waals surface area contributed by atoms with Gasteiger partial charge in [0.1, 0.15) is 5.82 Å². The predicted octanol–water partition coefficient (Wildman–Crippen LogP) is 3.08. The molecule has 0 fully saturated rings. The summed E-state index contributed by atoms with van der Waals surface area (Å²) in [4.78, 5) is 12.2. The molecular weight excluding hydrogens is 267 g/mol. The van der Waals surface area contributed by atoms with E-state index in [0.717, 1.165) is 11.1 Å². The van der Waals surface area contributed by atoms with E-state index in [0.29, 0.717) is 17.7 Å². The van der Waals surface area contributed by atoms with E-state index in [9.17, 15) is 9.18 Å². The molecule has 2 rings (SSSR count). The molecule has 2 aromatic rings. The summed E-state index contributed by atoms with van der Waals surface area (Å²) in [7, 11) is 0. The van der Waals surface area contributed by atoms with Crippen LogP contribution in [0.1, 0.15) is 28.4 Å². The van der Waals surface area contributed by atoms with Gasteiger partial charge in [-0.15, -0.1) is 0 Å². The zero-order valence-corrected chi connectivity index (χ0v) is 12.2. The highest BCUT2D eigenvalue weighted by Gasteiger charge is 2.11. The molecule has 0 aromatic heterocycles. The van der Waals surface area contributed by atoms with Gasteiger partial charge in [-0.25, -0.2) is 4.39 Å². The monoisotopic (exact) mass is 286 g/mol. The number of carbonyl (C=O) groups is 1. The van der Waals surface area contributed by atoms with Crippen molar-refractivity contribution in [1.82, 2.24) is 5.32 Å². The SMILES string of the molecule is Cc1cc(N)cc(C(=O)NC(C)Cc2ccc(F)cc2)c1. The summed E-state index contributed by atoms with van der Waals surface area (Å²) in [6.45, 7) is 3.81. The van der Waals surface area contributed by atoms with Gasteiger partial charge in [0.05, 0.1) is 0 Å². The Morgan fingerprint density at radius 1 is 1.24 bits per heavy atom. The highest BCUT2D eigenvalue weighted by molar-refractivity contribution is 5.95. The summed E-state index contributed by atoms with van der Waals surface area (Å²) in [5.41, 5.74) is 8.81. The Morgan fingerprint density at radius 2 is 1.90 bits per heavy atom. The molecule has 0 spiro atoms. The highest BCUT2D eigenvalue weighted by Crippen LogP contribution is 2.12. The number of hydrogen-bond acceptors (Lipinski definition) is 2. The molecule has 110 valence electrons. The van der Waals surface area contributed by atoms with Gasteiger partial charge >= 0.3 is 0 Å². The van der Waals surface area contributed by atoms with Crippen molar-refractivity contribution in [3.8, 4) is 0 Å². The third kappa shape index (κ3) is 4.31. The smallest absolute Gasteiger partial charge is 0.251 e. The largest absolute Gasteiger partial charge is 0.399 e. The molecule has 4 heteroatoms. The second kappa shape index (κ2) is 6.39. The topological polar surface area (TPSA) is 55.1 Å². The van der Waals surface area contributed by atoms with E-state index in [1.54, 1.807) is 24.3 Å². The van der Waals surface area contributed by atoms with Crippen LogP contribution in [0.15, 0.2) is 42.5 Å². The quantitative estimate of drug-likeness (QED) is 0.849. The Hall–Kier alpha value is -2.36. The van der Waals surface area contributed by atoms with Crippen molar-refractivity contribution in [2.24, 2.45) is 0 Å². The molecule has 1 amide bonds. The lowest BCUT2D eigenvalue weighted by Crippen LogP contribution is -2.34. The molecular formula is C17H19FN2O. The van der Waals surface area contributed by atoms with E-state index in [-0.39, 0.29) is 17.8 Å². The standard InChI is InChI=1S/C17H19FN2O/c1-11-7-14(10-16(19)8-11)17(21)20-12(2)9-13-3-5-15(18)6-4-13/h3-8,10,12H,9,19H2,1-2H3,(H,20,21). The van der Waals surface area contributed by atoms with E-state index in [1.165, 1.54) is 12.1 Å². The maximum Gasteiger partial charge on any atom is 0.251 e. The van der Waals surface area contributed by atoms with Crippen LogP contribution in [0.2, 0.25) is 0 Å². The van der Waals surface area contributed by atoms with Crippen LogP contribution >= 0.6 is 0 Å². The van der Waals surface area contributed by atoms with Crippen molar-refractivity contribution in [3.05, 3.63) is 65.0 Å². The van der Waals surface area contributed by atoms with Gasteiger partial charge in [0, 0.05) is 17.3 Å². The van der Waals surface area contributed by atoms with Crippen molar-refractivity contribution in [1.29, 1.82) is 0 Å². The molecule has 3 N–H and O–H groups in total. The van der Waals surface area contributed by atoms with Gasteiger partial charge in [0.2, 0.25) is 0 Å². The first-order valence-corrected chi connectivity index (χ1v) is 6.86. The van der Waals surface area contributed by atoms with E-state index in [4.69, 9.17) is 5.73 Å². The lowest BCUT2D eigenvalue weighted by molar-refractivity contribution is 0.0940. The van der Waals surface area contributed by atoms with Gasteiger partial charge in [-0.05, 0) is 61.7 Å². The second-order valence-electron chi connectivity index (χ2n) is 5.34. The Labute approximate surface area is 124 Å². The van der Waals surface area contributed by atoms with Gasteiger partial charge in [-0.1, -0.05) is 12.1 Å². The third-order valence-corrected chi connectivity index (χ3v) is 3.19. The summed E-state index contributed by atoms with van der Waals surface area (Å²) in [5, 5.41) is 2.93. The molecule has 0 bridgehead atoms. The Bertz CT molecular complexity index is 617. The van der Waals surface area contributed by atoms with Crippen molar-refractivity contribution in [2.45, 2.75) is 26.3 Å². The summed E-state index contributed by atoms with van der Waals surface area (Å²) in [6, 6.07) is 11.5. The number of benzene rings is 2. The first-order chi connectivity index (χ1) is 9.94. The van der Waals surface area contributed by atoms with Gasteiger partial charge in [0.15, 0.2) is 0 Å². The minimum absolute atomic E-state index is 0.0512. The predicted molar refractivity (Wildman–Crippen MR) is 82.6 cm³/mol. The number of nitrogen functional groups attached to an aromatic ring is 1. The molecule has 0 radical (unpaired) electrons. The number of anilines is 1. The van der Waals surface area contributed by atoms with Crippen molar-refractivity contribution >= 4 is 11.6 Å². The molecule has 0 saturated heterocycles. The van der Waals surface area contributed by atoms with Gasteiger partial charge in [-0.2, -0.15) is 0 Å². The average molecular weight is 286 g/mol. The molecule has 0 aliphatic carbocycles. The van der Waals surface area contributed by atoms with Crippen LogP contribution in [-0.2, 0) is 6.42 Å². The van der Waals surface area contributed by atoms with Gasteiger partial charge < -0.3 is 11.1 Å². The van der Waals surface area contributed by atoms with Crippen LogP contribution < -0.4 is 11.1 Å². The van der Waals surface area contributed by atoms with Crippen LogP contribution in [0.4, 0.5) is 10.1 Å². The molecule has 0 saturated carbocycles. The number of amides is 1. The minimum Gasteiger partial charge on any atom is -0.399 e. The Balaban J connectivity index is 2.00. The Morgan fingerprint density at radius 3 is 2.52 bits per heavy atom. The van der Waals surface area contributed by atoms with Crippen molar-refractivity contribution < 1.29 is 9.18 Å². The molecule has 21 heavy (non-hydrogen) atoms. The van der Waals surface area contributed by atoms with E-state index >= 15 is 0 Å². The minimum atomic E-state index is -0.259. The fourth-order valence-corrected chi connectivity index (χ4v) is 2.28. The van der Waals surface area contributed by atoms with Crippen molar-refractivity contribution in [3.63, 3.8) is 0 Å². The van der Waals surface area contributed by atoms with Gasteiger partial charge in [0.25, 0.3) is 5.91 Å². The number of carbonyl (C=O) groups excluding carboxylic acids is 1. The maximum absolute atomic E-state index is 12.8. The number of nitrogens with two attached hydrogens (primary N) is 1. The summed E-state index contributed by atoms with van der Waals surface area (Å²) in [5.74, 6) is -0.411. The number of nitrogens with one attached hydrogen (secondary N) is 1. The molecule has 1 unspecified atom stereocenters. The number of halogens is 1. The summed E-state index contributed by atoms with van der Waals surface area (Å²) >= 11 is 0. The number of rotatable bonds is 4. The van der Waals surface area contributed by atoms with Crippen LogP contribution in [0.25, 0.3) is 0 Å². The van der Waals surface area contributed by atoms with Gasteiger partial charge in [-0.3, -0.25) is 4.79 Å². The molecule has 2 aromatic carbocycles. The van der Waals surface area contributed by atoms with E-state index < -0.39 is 0 Å². The third-order valence-electron chi connectivity index (χ3n) is 3.19. The molecule has 0 heterocycles. The van der Waals surface area contributed by atoms with Crippen LogP contribution in [0.3, 0.4) is 0 Å². The molecule has 0 aliphatic rings. The lowest BCUT2D eigenvalue weighted by Gasteiger charge is -2.14. The van der Waals surface area contributed by atoms with Crippen molar-refractivity contribution in [2.75, 3.05) is 5.73 Å². The first-order valence-electron chi connectivity index (χ1n) is 6.86. The van der Waals surface area contributed by atoms with Crippen LogP contribution in [0.5, 0.6) is 0 Å². The zero-order chi connectivity index (χ0) is 15.4. The summed E-state index contributed by atoms with van der Waals surface area (Å²) < 4.78 is 12.8. The summed E-state index contributed by atoms with van der Waals surface area (Å²) in [6.07, 6.45) is 0.646. The molecule has 3 nitrogen and oxygen atoms in total.